The number of hydrogen-bond donors (Lipinski definition) is 1. The van der Waals surface area contributed by atoms with Crippen LogP contribution in [-0.2, 0) is 17.8 Å². The van der Waals surface area contributed by atoms with Crippen LogP contribution in [0.5, 0.6) is 0 Å². The molecule has 1 N–H and O–H groups in total. The van der Waals surface area contributed by atoms with Crippen molar-refractivity contribution in [1.82, 2.24) is 20.1 Å². The highest BCUT2D eigenvalue weighted by molar-refractivity contribution is 5.76. The molecule has 0 saturated carbocycles. The van der Waals surface area contributed by atoms with Crippen LogP contribution < -0.4 is 5.32 Å². The van der Waals surface area contributed by atoms with E-state index in [1.165, 1.54) is 0 Å². The summed E-state index contributed by atoms with van der Waals surface area (Å²) >= 11 is 0. The van der Waals surface area contributed by atoms with Crippen molar-refractivity contribution in [2.75, 3.05) is 0 Å². The van der Waals surface area contributed by atoms with Crippen LogP contribution >= 0.6 is 0 Å². The smallest absolute Gasteiger partial charge is 0.220 e. The standard InChI is InChI=1S/C20H22N4O/c1-15-13-16(2)24(23-15)19-6-3-17(4-7-19)5-8-20(25)22-14-18-9-11-21-12-10-18/h3-4,6-7,9-13H,5,8,14H2,1-2H3,(H,22,25). The zero-order valence-corrected chi connectivity index (χ0v) is 14.6. The first-order valence-corrected chi connectivity index (χ1v) is 8.40. The number of amides is 1. The number of rotatable bonds is 6. The van der Waals surface area contributed by atoms with E-state index in [1.54, 1.807) is 12.4 Å². The Morgan fingerprint density at radius 2 is 1.76 bits per heavy atom. The van der Waals surface area contributed by atoms with Gasteiger partial charge in [-0.05, 0) is 61.7 Å². The topological polar surface area (TPSA) is 59.8 Å². The van der Waals surface area contributed by atoms with Gasteiger partial charge in [0.1, 0.15) is 0 Å². The van der Waals surface area contributed by atoms with Gasteiger partial charge in [-0.25, -0.2) is 4.68 Å². The molecule has 0 spiro atoms. The second-order valence-electron chi connectivity index (χ2n) is 6.14. The summed E-state index contributed by atoms with van der Waals surface area (Å²) in [5, 5.41) is 7.42. The highest BCUT2D eigenvalue weighted by Crippen LogP contribution is 2.14. The van der Waals surface area contributed by atoms with Crippen LogP contribution in [0.15, 0.2) is 54.9 Å². The number of hydrogen-bond acceptors (Lipinski definition) is 3. The number of pyridine rings is 1. The molecule has 0 aliphatic rings. The first-order valence-electron chi connectivity index (χ1n) is 8.40. The third-order valence-corrected chi connectivity index (χ3v) is 4.07. The van der Waals surface area contributed by atoms with Gasteiger partial charge in [-0.1, -0.05) is 12.1 Å². The maximum atomic E-state index is 12.0. The van der Waals surface area contributed by atoms with Gasteiger partial charge in [-0.2, -0.15) is 5.10 Å². The van der Waals surface area contributed by atoms with Crippen LogP contribution in [0.2, 0.25) is 0 Å². The molecule has 1 amide bonds. The quantitative estimate of drug-likeness (QED) is 0.753. The number of benzene rings is 1. The molecule has 2 heterocycles. The Balaban J connectivity index is 1.51. The second-order valence-corrected chi connectivity index (χ2v) is 6.14. The van der Waals surface area contributed by atoms with Crippen LogP contribution in [0.25, 0.3) is 5.69 Å². The molecule has 3 aromatic rings. The fourth-order valence-corrected chi connectivity index (χ4v) is 2.74. The summed E-state index contributed by atoms with van der Waals surface area (Å²) in [4.78, 5) is 15.9. The van der Waals surface area contributed by atoms with Crippen molar-refractivity contribution in [2.45, 2.75) is 33.2 Å². The highest BCUT2D eigenvalue weighted by atomic mass is 16.1. The minimum atomic E-state index is 0.0550. The lowest BCUT2D eigenvalue weighted by molar-refractivity contribution is -0.121. The molecule has 25 heavy (non-hydrogen) atoms. The molecule has 0 aliphatic carbocycles. The number of aromatic nitrogens is 3. The summed E-state index contributed by atoms with van der Waals surface area (Å²) in [5.41, 5.74) is 5.35. The van der Waals surface area contributed by atoms with E-state index in [0.717, 1.165) is 34.6 Å². The molecule has 2 aromatic heterocycles. The van der Waals surface area contributed by atoms with E-state index in [9.17, 15) is 4.79 Å². The van der Waals surface area contributed by atoms with Crippen molar-refractivity contribution >= 4 is 5.91 Å². The van der Waals surface area contributed by atoms with Gasteiger partial charge >= 0.3 is 0 Å². The molecule has 5 nitrogen and oxygen atoms in total. The van der Waals surface area contributed by atoms with Gasteiger partial charge in [-0.15, -0.1) is 0 Å². The Morgan fingerprint density at radius 3 is 2.40 bits per heavy atom. The van der Waals surface area contributed by atoms with Crippen molar-refractivity contribution in [2.24, 2.45) is 0 Å². The summed E-state index contributed by atoms with van der Waals surface area (Å²) in [5.74, 6) is 0.0550. The van der Waals surface area contributed by atoms with Crippen LogP contribution in [0.1, 0.15) is 28.9 Å². The average Bonchev–Trinajstić information content (AvgIpc) is 2.98. The summed E-state index contributed by atoms with van der Waals surface area (Å²) in [7, 11) is 0. The molecule has 128 valence electrons. The van der Waals surface area contributed by atoms with Gasteiger partial charge in [0.05, 0.1) is 11.4 Å². The number of carbonyl (C=O) groups is 1. The summed E-state index contributed by atoms with van der Waals surface area (Å²) in [6.45, 7) is 4.57. The van der Waals surface area contributed by atoms with E-state index in [2.05, 4.69) is 33.6 Å². The predicted molar refractivity (Wildman–Crippen MR) is 97.4 cm³/mol. The Morgan fingerprint density at radius 1 is 1.04 bits per heavy atom. The summed E-state index contributed by atoms with van der Waals surface area (Å²) in [6, 6.07) is 14.1. The van der Waals surface area contributed by atoms with E-state index in [0.29, 0.717) is 13.0 Å². The Kier molecular flexibility index (Phi) is 5.23. The lowest BCUT2D eigenvalue weighted by atomic mass is 10.1. The Labute approximate surface area is 147 Å². The maximum Gasteiger partial charge on any atom is 0.220 e. The summed E-state index contributed by atoms with van der Waals surface area (Å²) in [6.07, 6.45) is 4.65. The predicted octanol–water partition coefficient (Wildman–Crippen LogP) is 3.13. The van der Waals surface area contributed by atoms with E-state index in [1.807, 2.05) is 42.8 Å². The minimum absolute atomic E-state index is 0.0550. The zero-order valence-electron chi connectivity index (χ0n) is 14.6. The summed E-state index contributed by atoms with van der Waals surface area (Å²) < 4.78 is 1.93. The average molecular weight is 334 g/mol. The van der Waals surface area contributed by atoms with Crippen LogP contribution in [0.4, 0.5) is 0 Å². The molecule has 0 unspecified atom stereocenters. The van der Waals surface area contributed by atoms with Crippen LogP contribution in [0.3, 0.4) is 0 Å². The van der Waals surface area contributed by atoms with Gasteiger partial charge in [0, 0.05) is 31.1 Å². The number of nitrogens with zero attached hydrogens (tertiary/aromatic N) is 3. The first-order chi connectivity index (χ1) is 12.1. The van der Waals surface area contributed by atoms with Crippen LogP contribution in [-0.4, -0.2) is 20.7 Å². The van der Waals surface area contributed by atoms with Crippen molar-refractivity contribution in [3.8, 4) is 5.69 Å². The van der Waals surface area contributed by atoms with E-state index >= 15 is 0 Å². The molecule has 0 atom stereocenters. The van der Waals surface area contributed by atoms with Gasteiger partial charge in [0.15, 0.2) is 0 Å². The van der Waals surface area contributed by atoms with Crippen molar-refractivity contribution < 1.29 is 4.79 Å². The molecule has 0 bridgehead atoms. The number of carbonyl (C=O) groups excluding carboxylic acids is 1. The second kappa shape index (κ2) is 7.75. The lowest BCUT2D eigenvalue weighted by Gasteiger charge is -2.07. The zero-order chi connectivity index (χ0) is 17.6. The molecule has 0 radical (unpaired) electrons. The fourth-order valence-electron chi connectivity index (χ4n) is 2.74. The molecular weight excluding hydrogens is 312 g/mol. The van der Waals surface area contributed by atoms with Gasteiger partial charge < -0.3 is 5.32 Å². The van der Waals surface area contributed by atoms with Gasteiger partial charge in [0.2, 0.25) is 5.91 Å². The molecule has 0 saturated heterocycles. The number of nitrogens with one attached hydrogen (secondary N) is 1. The van der Waals surface area contributed by atoms with Crippen LogP contribution in [0, 0.1) is 13.8 Å². The maximum absolute atomic E-state index is 12.0. The highest BCUT2D eigenvalue weighted by Gasteiger charge is 2.05. The molecule has 5 heteroatoms. The molecule has 1 aromatic carbocycles. The molecule has 3 rings (SSSR count). The van der Waals surface area contributed by atoms with E-state index in [4.69, 9.17) is 0 Å². The van der Waals surface area contributed by atoms with Crippen molar-refractivity contribution in [1.29, 1.82) is 0 Å². The third kappa shape index (κ3) is 4.53. The minimum Gasteiger partial charge on any atom is -0.352 e. The Hall–Kier alpha value is -2.95. The first kappa shape index (κ1) is 16.9. The van der Waals surface area contributed by atoms with Crippen molar-refractivity contribution in [3.63, 3.8) is 0 Å². The third-order valence-electron chi connectivity index (χ3n) is 4.07. The van der Waals surface area contributed by atoms with E-state index < -0.39 is 0 Å². The Bertz CT molecular complexity index is 838. The normalized spacial score (nSPS) is 10.6. The largest absolute Gasteiger partial charge is 0.352 e. The monoisotopic (exact) mass is 334 g/mol. The fraction of sp³-hybridized carbons (Fsp3) is 0.250. The lowest BCUT2D eigenvalue weighted by Crippen LogP contribution is -2.22. The molecular formula is C20H22N4O. The molecule has 0 fully saturated rings. The van der Waals surface area contributed by atoms with E-state index in [-0.39, 0.29) is 5.91 Å². The van der Waals surface area contributed by atoms with Gasteiger partial charge in [0.25, 0.3) is 0 Å². The number of aryl methyl sites for hydroxylation is 3. The van der Waals surface area contributed by atoms with Crippen molar-refractivity contribution in [3.05, 3.63) is 77.4 Å². The SMILES string of the molecule is Cc1cc(C)n(-c2ccc(CCC(=O)NCc3ccncc3)cc2)n1. The molecule has 0 aliphatic heterocycles. The van der Waals surface area contributed by atoms with Gasteiger partial charge in [-0.3, -0.25) is 9.78 Å².